The van der Waals surface area contributed by atoms with E-state index in [0.717, 1.165) is 9.87 Å². The van der Waals surface area contributed by atoms with Crippen LogP contribution in [0.3, 0.4) is 0 Å². The predicted molar refractivity (Wildman–Crippen MR) is 126 cm³/mol. The molecule has 170 valence electrons. The number of nitrogens with zero attached hydrogens (tertiary/aromatic N) is 3. The molecule has 0 unspecified atom stereocenters. The largest absolute Gasteiger partial charge is 0.271 e. The van der Waals surface area contributed by atoms with Gasteiger partial charge in [0.05, 0.1) is 21.2 Å². The van der Waals surface area contributed by atoms with Gasteiger partial charge in [-0.25, -0.2) is 13.8 Å². The number of hydrogen-bond acceptors (Lipinski definition) is 6. The van der Waals surface area contributed by atoms with Crippen molar-refractivity contribution >= 4 is 33.0 Å². The van der Waals surface area contributed by atoms with E-state index in [4.69, 9.17) is 0 Å². The van der Waals surface area contributed by atoms with Gasteiger partial charge in [0.15, 0.2) is 0 Å². The maximum absolute atomic E-state index is 13.3. The molecule has 0 aliphatic heterocycles. The minimum atomic E-state index is -4.02. The third-order valence-electron chi connectivity index (χ3n) is 4.73. The van der Waals surface area contributed by atoms with Gasteiger partial charge in [-0.1, -0.05) is 42.5 Å². The van der Waals surface area contributed by atoms with Crippen LogP contribution in [0.15, 0.2) is 88.9 Å². The first kappa shape index (κ1) is 23.6. The van der Waals surface area contributed by atoms with Crippen LogP contribution >= 0.6 is 0 Å². The van der Waals surface area contributed by atoms with Crippen molar-refractivity contribution in [1.82, 2.24) is 5.43 Å². The average Bonchev–Trinajstić information content (AvgIpc) is 2.81. The Morgan fingerprint density at radius 2 is 1.73 bits per heavy atom. The summed E-state index contributed by atoms with van der Waals surface area (Å²) in [4.78, 5) is 23.2. The molecule has 10 heteroatoms. The monoisotopic (exact) mass is 466 g/mol. The second-order valence-corrected chi connectivity index (χ2v) is 9.07. The molecule has 0 bridgehead atoms. The number of carbonyl (C=O) groups is 1. The quantitative estimate of drug-likeness (QED) is 0.309. The van der Waals surface area contributed by atoms with Crippen molar-refractivity contribution in [2.75, 3.05) is 10.8 Å². The fraction of sp³-hybridized carbons (Fsp3) is 0.130. The van der Waals surface area contributed by atoms with Crippen LogP contribution in [0.5, 0.6) is 0 Å². The number of carbonyl (C=O) groups excluding carboxylic acids is 1. The van der Waals surface area contributed by atoms with E-state index >= 15 is 0 Å². The Morgan fingerprint density at radius 3 is 2.39 bits per heavy atom. The lowest BCUT2D eigenvalue weighted by Gasteiger charge is -2.24. The van der Waals surface area contributed by atoms with E-state index in [9.17, 15) is 23.3 Å². The van der Waals surface area contributed by atoms with Crippen molar-refractivity contribution in [3.8, 4) is 0 Å². The van der Waals surface area contributed by atoms with Crippen molar-refractivity contribution in [3.63, 3.8) is 0 Å². The fourth-order valence-corrected chi connectivity index (χ4v) is 4.47. The molecule has 0 aliphatic carbocycles. The number of amides is 1. The smallest absolute Gasteiger partial charge is 0.270 e. The Bertz CT molecular complexity index is 1310. The molecule has 0 fully saturated rings. The highest BCUT2D eigenvalue weighted by Crippen LogP contribution is 2.24. The van der Waals surface area contributed by atoms with Crippen LogP contribution in [0, 0.1) is 17.0 Å². The van der Waals surface area contributed by atoms with Gasteiger partial charge >= 0.3 is 0 Å². The number of nitro benzene ring substituents is 1. The standard InChI is InChI=1S/C23H22N4O5S/c1-17-8-6-10-20(14-17)26(33(31,32)22-12-4-3-5-13-22)16-23(28)25-24-18(2)19-9-7-11-21(15-19)27(29)30/h3-15H,16H2,1-2H3,(H,25,28)/b24-18-. The van der Waals surface area contributed by atoms with Gasteiger partial charge in [0, 0.05) is 17.7 Å². The molecule has 0 atom stereocenters. The van der Waals surface area contributed by atoms with Gasteiger partial charge in [-0.3, -0.25) is 19.2 Å². The zero-order valence-electron chi connectivity index (χ0n) is 18.0. The van der Waals surface area contributed by atoms with Gasteiger partial charge < -0.3 is 0 Å². The van der Waals surface area contributed by atoms with Gasteiger partial charge in [-0.2, -0.15) is 5.10 Å². The highest BCUT2D eigenvalue weighted by atomic mass is 32.2. The first-order valence-electron chi connectivity index (χ1n) is 9.91. The molecule has 3 rings (SSSR count). The number of hydrazone groups is 1. The third-order valence-corrected chi connectivity index (χ3v) is 6.52. The van der Waals surface area contributed by atoms with Crippen molar-refractivity contribution in [1.29, 1.82) is 0 Å². The Balaban J connectivity index is 1.86. The number of anilines is 1. The van der Waals surface area contributed by atoms with E-state index in [2.05, 4.69) is 10.5 Å². The van der Waals surface area contributed by atoms with Crippen molar-refractivity contribution in [2.24, 2.45) is 5.10 Å². The number of aryl methyl sites for hydroxylation is 1. The maximum atomic E-state index is 13.3. The Hall–Kier alpha value is -4.05. The van der Waals surface area contributed by atoms with E-state index < -0.39 is 27.4 Å². The molecule has 0 heterocycles. The fourth-order valence-electron chi connectivity index (χ4n) is 3.04. The van der Waals surface area contributed by atoms with Gasteiger partial charge in [0.25, 0.3) is 21.6 Å². The van der Waals surface area contributed by atoms with Gasteiger partial charge in [-0.05, 0) is 43.7 Å². The summed E-state index contributed by atoms with van der Waals surface area (Å²) in [5.74, 6) is -0.666. The number of nitro groups is 1. The summed E-state index contributed by atoms with van der Waals surface area (Å²) in [6, 6.07) is 20.5. The van der Waals surface area contributed by atoms with Crippen LogP contribution in [0.4, 0.5) is 11.4 Å². The van der Waals surface area contributed by atoms with E-state index in [1.807, 2.05) is 13.0 Å². The number of non-ortho nitro benzene ring substituents is 1. The molecule has 0 aromatic heterocycles. The minimum Gasteiger partial charge on any atom is -0.271 e. The molecule has 1 N–H and O–H groups in total. The summed E-state index contributed by atoms with van der Waals surface area (Å²) in [6.45, 7) is 2.90. The predicted octanol–water partition coefficient (Wildman–Crippen LogP) is 3.64. The van der Waals surface area contributed by atoms with Crippen LogP contribution < -0.4 is 9.73 Å². The molecule has 3 aromatic carbocycles. The highest BCUT2D eigenvalue weighted by Gasteiger charge is 2.27. The SMILES string of the molecule is C/C(=N/NC(=O)CN(c1cccc(C)c1)S(=O)(=O)c1ccccc1)c1cccc([N+](=O)[O-])c1. The molecule has 0 aliphatic rings. The topological polar surface area (TPSA) is 122 Å². The number of nitrogens with one attached hydrogen (secondary N) is 1. The lowest BCUT2D eigenvalue weighted by molar-refractivity contribution is -0.384. The van der Waals surface area contributed by atoms with Crippen LogP contribution in [0.1, 0.15) is 18.1 Å². The number of sulfonamides is 1. The molecule has 3 aromatic rings. The second-order valence-electron chi connectivity index (χ2n) is 7.20. The zero-order chi connectivity index (χ0) is 24.0. The molecule has 1 amide bonds. The Morgan fingerprint density at radius 1 is 1.03 bits per heavy atom. The maximum Gasteiger partial charge on any atom is 0.270 e. The normalized spacial score (nSPS) is 11.6. The molecular weight excluding hydrogens is 444 g/mol. The first-order valence-corrected chi connectivity index (χ1v) is 11.3. The summed E-state index contributed by atoms with van der Waals surface area (Å²) in [5.41, 5.74) is 4.20. The highest BCUT2D eigenvalue weighted by molar-refractivity contribution is 7.92. The minimum absolute atomic E-state index is 0.0515. The van der Waals surface area contributed by atoms with E-state index in [0.29, 0.717) is 17.0 Å². The van der Waals surface area contributed by atoms with E-state index in [1.54, 1.807) is 49.4 Å². The third kappa shape index (κ3) is 5.80. The van der Waals surface area contributed by atoms with Crippen LogP contribution in [0.2, 0.25) is 0 Å². The van der Waals surface area contributed by atoms with Gasteiger partial charge in [0.2, 0.25) is 0 Å². The molecule has 9 nitrogen and oxygen atoms in total. The van der Waals surface area contributed by atoms with E-state index in [-0.39, 0.29) is 10.6 Å². The molecule has 0 spiro atoms. The zero-order valence-corrected chi connectivity index (χ0v) is 18.8. The number of benzene rings is 3. The molecule has 0 saturated carbocycles. The molecule has 0 radical (unpaired) electrons. The summed E-state index contributed by atoms with van der Waals surface area (Å²) < 4.78 is 27.6. The summed E-state index contributed by atoms with van der Waals surface area (Å²) in [7, 11) is -4.02. The molecule has 0 saturated heterocycles. The Labute approximate surface area is 191 Å². The molecule has 33 heavy (non-hydrogen) atoms. The molecular formula is C23H22N4O5S. The van der Waals surface area contributed by atoms with Crippen LogP contribution in [-0.2, 0) is 14.8 Å². The number of hydrogen-bond donors (Lipinski definition) is 1. The lowest BCUT2D eigenvalue weighted by Crippen LogP contribution is -2.39. The average molecular weight is 467 g/mol. The number of rotatable bonds is 8. The summed E-state index contributed by atoms with van der Waals surface area (Å²) >= 11 is 0. The lowest BCUT2D eigenvalue weighted by atomic mass is 10.1. The van der Waals surface area contributed by atoms with Gasteiger partial charge in [-0.15, -0.1) is 0 Å². The summed E-state index contributed by atoms with van der Waals surface area (Å²) in [5, 5.41) is 15.0. The van der Waals surface area contributed by atoms with Crippen LogP contribution in [0.25, 0.3) is 0 Å². The van der Waals surface area contributed by atoms with E-state index in [1.165, 1.54) is 30.3 Å². The van der Waals surface area contributed by atoms with Crippen LogP contribution in [-0.4, -0.2) is 31.5 Å². The summed E-state index contributed by atoms with van der Waals surface area (Å²) in [6.07, 6.45) is 0. The second kappa shape index (κ2) is 10.0. The Kier molecular flexibility index (Phi) is 7.19. The van der Waals surface area contributed by atoms with Crippen molar-refractivity contribution < 1.29 is 18.1 Å². The first-order chi connectivity index (χ1) is 15.7. The van der Waals surface area contributed by atoms with Gasteiger partial charge in [0.1, 0.15) is 6.54 Å². The van der Waals surface area contributed by atoms with Crippen molar-refractivity contribution in [2.45, 2.75) is 18.7 Å². The van der Waals surface area contributed by atoms with Crippen molar-refractivity contribution in [3.05, 3.63) is 100 Å².